The van der Waals surface area contributed by atoms with Gasteiger partial charge in [-0.3, -0.25) is 14.5 Å². The van der Waals surface area contributed by atoms with Crippen molar-refractivity contribution in [1.29, 1.82) is 0 Å². The van der Waals surface area contributed by atoms with Crippen LogP contribution < -0.4 is 5.32 Å². The summed E-state index contributed by atoms with van der Waals surface area (Å²) in [5, 5.41) is 2.84. The van der Waals surface area contributed by atoms with Crippen LogP contribution in [0.4, 0.5) is 10.5 Å². The molecular weight excluding hydrogens is 292 g/mol. The van der Waals surface area contributed by atoms with E-state index in [-0.39, 0.29) is 23.6 Å². The Morgan fingerprint density at radius 2 is 2.00 bits per heavy atom. The standard InChI is InChI=1S/C10H9BrN2O2S/c11-7-1-3-8(4-2-7)12-6-13-9(14)5-16-10(13)15/h1-4,12H,5-6H2. The van der Waals surface area contributed by atoms with Gasteiger partial charge in [-0.15, -0.1) is 0 Å². The molecule has 0 radical (unpaired) electrons. The molecule has 1 aromatic rings. The number of imide groups is 1. The predicted molar refractivity (Wildman–Crippen MR) is 67.3 cm³/mol. The molecule has 0 spiro atoms. The van der Waals surface area contributed by atoms with E-state index in [0.29, 0.717) is 0 Å². The van der Waals surface area contributed by atoms with Crippen molar-refractivity contribution in [1.82, 2.24) is 4.90 Å². The maximum absolute atomic E-state index is 11.3. The van der Waals surface area contributed by atoms with Crippen molar-refractivity contribution in [3.63, 3.8) is 0 Å². The molecule has 1 heterocycles. The van der Waals surface area contributed by atoms with Crippen LogP contribution in [-0.4, -0.2) is 28.5 Å². The number of benzene rings is 1. The van der Waals surface area contributed by atoms with Crippen LogP contribution in [0, 0.1) is 0 Å². The van der Waals surface area contributed by atoms with Crippen molar-refractivity contribution in [3.8, 4) is 0 Å². The Kier molecular flexibility index (Phi) is 3.50. The predicted octanol–water partition coefficient (Wildman–Crippen LogP) is 2.51. The number of halogens is 1. The number of amides is 2. The summed E-state index contributed by atoms with van der Waals surface area (Å²) < 4.78 is 0.988. The fourth-order valence-electron chi connectivity index (χ4n) is 1.27. The summed E-state index contributed by atoms with van der Waals surface area (Å²) in [6, 6.07) is 7.54. The highest BCUT2D eigenvalue weighted by molar-refractivity contribution is 9.10. The van der Waals surface area contributed by atoms with Gasteiger partial charge < -0.3 is 5.32 Å². The monoisotopic (exact) mass is 300 g/mol. The van der Waals surface area contributed by atoms with E-state index in [1.807, 2.05) is 24.3 Å². The van der Waals surface area contributed by atoms with Crippen LogP contribution in [0.1, 0.15) is 0 Å². The summed E-state index contributed by atoms with van der Waals surface area (Å²) in [5.74, 6) is 0.112. The molecule has 0 atom stereocenters. The van der Waals surface area contributed by atoms with Gasteiger partial charge in [0.05, 0.1) is 12.4 Å². The Balaban J connectivity index is 1.94. The van der Waals surface area contributed by atoms with Crippen molar-refractivity contribution in [2.24, 2.45) is 0 Å². The zero-order chi connectivity index (χ0) is 11.5. The quantitative estimate of drug-likeness (QED) is 0.932. The Morgan fingerprint density at radius 1 is 1.31 bits per heavy atom. The minimum atomic E-state index is -0.186. The van der Waals surface area contributed by atoms with E-state index in [1.165, 1.54) is 4.90 Å². The van der Waals surface area contributed by atoms with Gasteiger partial charge in [-0.1, -0.05) is 27.7 Å². The van der Waals surface area contributed by atoms with Gasteiger partial charge in [0.25, 0.3) is 5.24 Å². The molecular formula is C10H9BrN2O2S. The Bertz CT molecular complexity index is 405. The van der Waals surface area contributed by atoms with Crippen LogP contribution in [0.5, 0.6) is 0 Å². The SMILES string of the molecule is O=C1CSC(=O)N1CNc1ccc(Br)cc1. The largest absolute Gasteiger partial charge is 0.367 e. The van der Waals surface area contributed by atoms with E-state index in [0.717, 1.165) is 21.9 Å². The number of thioether (sulfide) groups is 1. The van der Waals surface area contributed by atoms with Gasteiger partial charge in [-0.05, 0) is 24.3 Å². The smallest absolute Gasteiger partial charge is 0.290 e. The second kappa shape index (κ2) is 4.88. The minimum absolute atomic E-state index is 0.139. The molecule has 0 saturated carbocycles. The molecule has 0 bridgehead atoms. The van der Waals surface area contributed by atoms with E-state index in [4.69, 9.17) is 0 Å². The van der Waals surface area contributed by atoms with Crippen LogP contribution in [0.25, 0.3) is 0 Å². The molecule has 4 nitrogen and oxygen atoms in total. The number of anilines is 1. The first kappa shape index (κ1) is 11.5. The van der Waals surface area contributed by atoms with Gasteiger partial charge in [0.1, 0.15) is 0 Å². The summed E-state index contributed by atoms with van der Waals surface area (Å²) in [5.41, 5.74) is 0.876. The number of rotatable bonds is 3. The average Bonchev–Trinajstić information content (AvgIpc) is 2.59. The van der Waals surface area contributed by atoms with E-state index < -0.39 is 0 Å². The highest BCUT2D eigenvalue weighted by atomic mass is 79.9. The number of hydrogen-bond acceptors (Lipinski definition) is 4. The Labute approximate surface area is 106 Å². The Hall–Kier alpha value is -1.01. The summed E-state index contributed by atoms with van der Waals surface area (Å²) in [7, 11) is 0. The first-order valence-electron chi connectivity index (χ1n) is 4.63. The fourth-order valence-corrected chi connectivity index (χ4v) is 2.26. The molecule has 84 valence electrons. The third-order valence-corrected chi connectivity index (χ3v) is 3.51. The molecule has 6 heteroatoms. The normalized spacial score (nSPS) is 15.7. The first-order valence-corrected chi connectivity index (χ1v) is 6.41. The van der Waals surface area contributed by atoms with Gasteiger partial charge in [0.15, 0.2) is 0 Å². The fraction of sp³-hybridized carbons (Fsp3) is 0.200. The van der Waals surface area contributed by atoms with E-state index in [2.05, 4.69) is 21.2 Å². The van der Waals surface area contributed by atoms with Crippen molar-refractivity contribution >= 4 is 44.5 Å². The average molecular weight is 301 g/mol. The molecule has 2 amide bonds. The van der Waals surface area contributed by atoms with Crippen LogP contribution in [0.2, 0.25) is 0 Å². The van der Waals surface area contributed by atoms with Crippen molar-refractivity contribution in [3.05, 3.63) is 28.7 Å². The lowest BCUT2D eigenvalue weighted by molar-refractivity contribution is -0.124. The van der Waals surface area contributed by atoms with Gasteiger partial charge in [0, 0.05) is 10.2 Å². The highest BCUT2D eigenvalue weighted by Gasteiger charge is 2.29. The third kappa shape index (κ3) is 2.56. The molecule has 0 aromatic heterocycles. The van der Waals surface area contributed by atoms with Crippen LogP contribution in [0.3, 0.4) is 0 Å². The molecule has 2 rings (SSSR count). The Morgan fingerprint density at radius 3 is 2.56 bits per heavy atom. The molecule has 16 heavy (non-hydrogen) atoms. The zero-order valence-corrected chi connectivity index (χ0v) is 10.7. The molecule has 1 N–H and O–H groups in total. The number of nitrogens with zero attached hydrogens (tertiary/aromatic N) is 1. The third-order valence-electron chi connectivity index (χ3n) is 2.13. The number of carbonyl (C=O) groups is 2. The van der Waals surface area contributed by atoms with Gasteiger partial charge >= 0.3 is 0 Å². The summed E-state index contributed by atoms with van der Waals surface area (Å²) >= 11 is 4.37. The number of hydrogen-bond donors (Lipinski definition) is 1. The molecule has 1 aliphatic rings. The minimum Gasteiger partial charge on any atom is -0.367 e. The summed E-state index contributed by atoms with van der Waals surface area (Å²) in [4.78, 5) is 23.8. The van der Waals surface area contributed by atoms with Gasteiger partial charge in [-0.2, -0.15) is 0 Å². The summed E-state index contributed by atoms with van der Waals surface area (Å²) in [6.07, 6.45) is 0. The molecule has 1 saturated heterocycles. The lowest BCUT2D eigenvalue weighted by Crippen LogP contribution is -2.33. The first-order chi connectivity index (χ1) is 7.66. The van der Waals surface area contributed by atoms with Crippen molar-refractivity contribution in [2.75, 3.05) is 17.7 Å². The van der Waals surface area contributed by atoms with Gasteiger partial charge in [0.2, 0.25) is 5.91 Å². The van der Waals surface area contributed by atoms with Crippen molar-refractivity contribution < 1.29 is 9.59 Å². The second-order valence-corrected chi connectivity index (χ2v) is 5.06. The lowest BCUT2D eigenvalue weighted by atomic mass is 10.3. The second-order valence-electron chi connectivity index (χ2n) is 3.22. The van der Waals surface area contributed by atoms with E-state index in [9.17, 15) is 9.59 Å². The van der Waals surface area contributed by atoms with Crippen LogP contribution in [0.15, 0.2) is 28.7 Å². The topological polar surface area (TPSA) is 49.4 Å². The summed E-state index contributed by atoms with van der Waals surface area (Å²) in [6.45, 7) is 0.228. The zero-order valence-electron chi connectivity index (χ0n) is 8.27. The van der Waals surface area contributed by atoms with Crippen LogP contribution in [-0.2, 0) is 4.79 Å². The lowest BCUT2D eigenvalue weighted by Gasteiger charge is -2.14. The highest BCUT2D eigenvalue weighted by Crippen LogP contribution is 2.19. The number of nitrogens with one attached hydrogen (secondary N) is 1. The molecule has 1 aromatic carbocycles. The molecule has 1 aliphatic heterocycles. The number of carbonyl (C=O) groups excluding carboxylic acids is 2. The van der Waals surface area contributed by atoms with E-state index >= 15 is 0 Å². The maximum Gasteiger partial charge on any atom is 0.290 e. The van der Waals surface area contributed by atoms with Gasteiger partial charge in [-0.25, -0.2) is 0 Å². The van der Waals surface area contributed by atoms with Crippen molar-refractivity contribution in [2.45, 2.75) is 0 Å². The van der Waals surface area contributed by atoms with E-state index in [1.54, 1.807) is 0 Å². The molecule has 0 aliphatic carbocycles. The van der Waals surface area contributed by atoms with Crippen LogP contribution >= 0.6 is 27.7 Å². The molecule has 1 fully saturated rings. The molecule has 0 unspecified atom stereocenters. The maximum atomic E-state index is 11.3.